The van der Waals surface area contributed by atoms with Crippen LogP contribution < -0.4 is 4.90 Å². The molecule has 4 heterocycles. The summed E-state index contributed by atoms with van der Waals surface area (Å²) in [4.78, 5) is 37.4. The van der Waals surface area contributed by atoms with Gasteiger partial charge in [0.2, 0.25) is 5.91 Å². The predicted molar refractivity (Wildman–Crippen MR) is 111 cm³/mol. The minimum absolute atomic E-state index is 0.0828. The minimum Gasteiger partial charge on any atom is -0.355 e. The van der Waals surface area contributed by atoms with Gasteiger partial charge in [0.05, 0.1) is 10.3 Å². The first-order valence-electron chi connectivity index (χ1n) is 9.72. The van der Waals surface area contributed by atoms with Crippen LogP contribution in [0.25, 0.3) is 0 Å². The molecule has 0 spiro atoms. The molecule has 148 valence electrons. The highest BCUT2D eigenvalue weighted by Gasteiger charge is 2.54. The van der Waals surface area contributed by atoms with Crippen LogP contribution >= 0.6 is 11.3 Å². The van der Waals surface area contributed by atoms with Crippen LogP contribution in [-0.2, 0) is 4.79 Å². The van der Waals surface area contributed by atoms with E-state index in [9.17, 15) is 9.59 Å². The lowest BCUT2D eigenvalue weighted by Crippen LogP contribution is -2.47. The molecular weight excluding hydrogens is 372 g/mol. The van der Waals surface area contributed by atoms with Crippen LogP contribution in [-0.4, -0.2) is 66.9 Å². The highest BCUT2D eigenvalue weighted by molar-refractivity contribution is 7.12. The van der Waals surface area contributed by atoms with E-state index in [1.807, 2.05) is 54.7 Å². The predicted octanol–water partition coefficient (Wildman–Crippen LogP) is 2.59. The smallest absolute Gasteiger partial charge is 0.263 e. The van der Waals surface area contributed by atoms with E-state index >= 15 is 0 Å². The summed E-state index contributed by atoms with van der Waals surface area (Å²) in [6.07, 6.45) is 3.42. The average molecular weight is 399 g/mol. The molecule has 2 amide bonds. The third-order valence-corrected chi connectivity index (χ3v) is 6.87. The summed E-state index contributed by atoms with van der Waals surface area (Å²) in [5.74, 6) is 1.24. The number of rotatable bonds is 3. The maximum Gasteiger partial charge on any atom is 0.263 e. The number of aromatic nitrogens is 1. The van der Waals surface area contributed by atoms with Crippen molar-refractivity contribution in [3.05, 3.63) is 46.8 Å². The second kappa shape index (κ2) is 7.54. The number of amides is 2. The van der Waals surface area contributed by atoms with Crippen LogP contribution in [0.2, 0.25) is 0 Å². The minimum atomic E-state index is -0.467. The standard InChI is InChI=1S/C21H26N4O2S/c1-23(2)20(27)21-9-6-11-24(19(26)17-7-5-12-28-17)13-16(21)14-25(15-21)18-8-3-4-10-22-18/h3-5,7-8,10,12,16H,6,9,11,13-15H2,1-2H3/t16-,21-/m0/s1. The van der Waals surface area contributed by atoms with E-state index in [4.69, 9.17) is 0 Å². The lowest BCUT2D eigenvalue weighted by molar-refractivity contribution is -0.141. The molecule has 0 aliphatic carbocycles. The van der Waals surface area contributed by atoms with Crippen molar-refractivity contribution in [1.82, 2.24) is 14.8 Å². The fraction of sp³-hybridized carbons (Fsp3) is 0.476. The lowest BCUT2D eigenvalue weighted by Gasteiger charge is -2.34. The molecule has 2 aliphatic heterocycles. The van der Waals surface area contributed by atoms with Gasteiger partial charge in [-0.1, -0.05) is 12.1 Å². The van der Waals surface area contributed by atoms with Gasteiger partial charge in [-0.15, -0.1) is 11.3 Å². The Morgan fingerprint density at radius 2 is 2.07 bits per heavy atom. The van der Waals surface area contributed by atoms with Gasteiger partial charge in [0.1, 0.15) is 5.82 Å². The fourth-order valence-electron chi connectivity index (χ4n) is 4.68. The molecule has 2 saturated heterocycles. The van der Waals surface area contributed by atoms with E-state index in [2.05, 4.69) is 9.88 Å². The van der Waals surface area contributed by atoms with Crippen LogP contribution in [0, 0.1) is 11.3 Å². The Balaban J connectivity index is 1.64. The van der Waals surface area contributed by atoms with Crippen LogP contribution in [0.5, 0.6) is 0 Å². The highest BCUT2D eigenvalue weighted by Crippen LogP contribution is 2.45. The van der Waals surface area contributed by atoms with Crippen molar-refractivity contribution in [2.24, 2.45) is 11.3 Å². The third kappa shape index (κ3) is 3.28. The van der Waals surface area contributed by atoms with Gasteiger partial charge in [-0.2, -0.15) is 0 Å². The molecule has 6 nitrogen and oxygen atoms in total. The molecule has 2 aromatic rings. The SMILES string of the molecule is CN(C)C(=O)[C@]12CCCN(C(=O)c3cccs3)C[C@H]1CN(c1ccccn1)C2. The number of fused-ring (bicyclic) bond motifs is 1. The lowest BCUT2D eigenvalue weighted by atomic mass is 9.74. The van der Waals surface area contributed by atoms with Gasteiger partial charge in [0, 0.05) is 52.4 Å². The summed E-state index contributed by atoms with van der Waals surface area (Å²) in [6, 6.07) is 9.66. The van der Waals surface area contributed by atoms with E-state index in [1.54, 1.807) is 11.1 Å². The van der Waals surface area contributed by atoms with Gasteiger partial charge in [0.25, 0.3) is 5.91 Å². The summed E-state index contributed by atoms with van der Waals surface area (Å²) in [6.45, 7) is 2.72. The van der Waals surface area contributed by atoms with Crippen molar-refractivity contribution in [2.75, 3.05) is 45.2 Å². The number of hydrogen-bond acceptors (Lipinski definition) is 5. The molecule has 0 radical (unpaired) electrons. The zero-order valence-corrected chi connectivity index (χ0v) is 17.2. The zero-order valence-electron chi connectivity index (χ0n) is 16.4. The monoisotopic (exact) mass is 398 g/mol. The number of likely N-dealkylation sites (tertiary alicyclic amines) is 1. The van der Waals surface area contributed by atoms with E-state index in [0.29, 0.717) is 19.6 Å². The molecule has 0 bridgehead atoms. The van der Waals surface area contributed by atoms with Crippen LogP contribution in [0.1, 0.15) is 22.5 Å². The van der Waals surface area contributed by atoms with Crippen LogP contribution in [0.3, 0.4) is 0 Å². The number of anilines is 1. The number of carbonyl (C=O) groups excluding carboxylic acids is 2. The van der Waals surface area contributed by atoms with Crippen molar-refractivity contribution in [3.63, 3.8) is 0 Å². The quantitative estimate of drug-likeness (QED) is 0.798. The van der Waals surface area contributed by atoms with Gasteiger partial charge in [0.15, 0.2) is 0 Å². The Morgan fingerprint density at radius 1 is 1.21 bits per heavy atom. The van der Waals surface area contributed by atoms with E-state index < -0.39 is 5.41 Å². The maximum atomic E-state index is 13.3. The van der Waals surface area contributed by atoms with Crippen molar-refractivity contribution < 1.29 is 9.59 Å². The molecule has 2 atom stereocenters. The number of hydrogen-bond donors (Lipinski definition) is 0. The number of thiophene rings is 1. The first-order chi connectivity index (χ1) is 13.5. The Morgan fingerprint density at radius 3 is 2.75 bits per heavy atom. The molecule has 2 aromatic heterocycles. The van der Waals surface area contributed by atoms with Crippen molar-refractivity contribution in [1.29, 1.82) is 0 Å². The fourth-order valence-corrected chi connectivity index (χ4v) is 5.37. The molecule has 7 heteroatoms. The summed E-state index contributed by atoms with van der Waals surface area (Å²) < 4.78 is 0. The van der Waals surface area contributed by atoms with Crippen molar-refractivity contribution in [2.45, 2.75) is 12.8 Å². The first-order valence-corrected chi connectivity index (χ1v) is 10.6. The zero-order chi connectivity index (χ0) is 19.7. The van der Waals surface area contributed by atoms with Gasteiger partial charge in [-0.05, 0) is 36.4 Å². The number of carbonyl (C=O) groups is 2. The number of pyridine rings is 1. The van der Waals surface area contributed by atoms with Gasteiger partial charge < -0.3 is 14.7 Å². The van der Waals surface area contributed by atoms with Crippen LogP contribution in [0.15, 0.2) is 41.9 Å². The Labute approximate surface area is 169 Å². The maximum absolute atomic E-state index is 13.3. The summed E-state index contributed by atoms with van der Waals surface area (Å²) in [5, 5.41) is 1.93. The molecule has 0 unspecified atom stereocenters. The van der Waals surface area contributed by atoms with Crippen molar-refractivity contribution >= 4 is 29.0 Å². The Kier molecular flexibility index (Phi) is 5.10. The summed E-state index contributed by atoms with van der Waals surface area (Å²) >= 11 is 1.48. The van der Waals surface area contributed by atoms with E-state index in [0.717, 1.165) is 30.1 Å². The van der Waals surface area contributed by atoms with E-state index in [1.165, 1.54) is 11.3 Å². The Hall–Kier alpha value is -2.41. The van der Waals surface area contributed by atoms with E-state index in [-0.39, 0.29) is 17.7 Å². The average Bonchev–Trinajstić information content (AvgIpc) is 3.33. The summed E-state index contributed by atoms with van der Waals surface area (Å²) in [5.41, 5.74) is -0.467. The first kappa shape index (κ1) is 18.9. The second-order valence-corrected chi connectivity index (χ2v) is 8.90. The molecular formula is C21H26N4O2S. The van der Waals surface area contributed by atoms with Gasteiger partial charge in [-0.25, -0.2) is 4.98 Å². The molecule has 4 rings (SSSR count). The Bertz CT molecular complexity index is 839. The molecule has 0 saturated carbocycles. The van der Waals surface area contributed by atoms with Gasteiger partial charge in [-0.3, -0.25) is 9.59 Å². The second-order valence-electron chi connectivity index (χ2n) is 7.95. The molecule has 0 aromatic carbocycles. The van der Waals surface area contributed by atoms with Crippen molar-refractivity contribution in [3.8, 4) is 0 Å². The third-order valence-electron chi connectivity index (χ3n) is 6.01. The molecule has 2 fully saturated rings. The molecule has 28 heavy (non-hydrogen) atoms. The van der Waals surface area contributed by atoms with Crippen LogP contribution in [0.4, 0.5) is 5.82 Å². The molecule has 0 N–H and O–H groups in total. The van der Waals surface area contributed by atoms with Gasteiger partial charge >= 0.3 is 0 Å². The topological polar surface area (TPSA) is 56.8 Å². The summed E-state index contributed by atoms with van der Waals surface area (Å²) in [7, 11) is 3.66. The highest BCUT2D eigenvalue weighted by atomic mass is 32.1. The number of nitrogens with zero attached hydrogens (tertiary/aromatic N) is 4. The molecule has 2 aliphatic rings. The normalized spacial score (nSPS) is 24.6. The largest absolute Gasteiger partial charge is 0.355 e.